The van der Waals surface area contributed by atoms with E-state index >= 15 is 0 Å². The third kappa shape index (κ3) is 3.01. The summed E-state index contributed by atoms with van der Waals surface area (Å²) >= 11 is 2.15. The highest BCUT2D eigenvalue weighted by atomic mass is 127. The Kier molecular flexibility index (Phi) is 5.13. The summed E-state index contributed by atoms with van der Waals surface area (Å²) in [6.45, 7) is 0.0258. The normalized spacial score (nSPS) is 13.4. The molecule has 2 aromatic rings. The SMILES string of the molecule is COc1cc2c(c(I)c1OC)N(C)C(=O)CN=C2c1cccc(C#N)c1. The van der Waals surface area contributed by atoms with Crippen molar-refractivity contribution in [1.82, 2.24) is 0 Å². The van der Waals surface area contributed by atoms with E-state index in [0.717, 1.165) is 14.7 Å². The fourth-order valence-corrected chi connectivity index (χ4v) is 4.03. The Hall–Kier alpha value is -2.60. The van der Waals surface area contributed by atoms with E-state index in [0.29, 0.717) is 28.5 Å². The zero-order valence-electron chi connectivity index (χ0n) is 14.5. The first-order valence-corrected chi connectivity index (χ1v) is 8.86. The number of amides is 1. The lowest BCUT2D eigenvalue weighted by Crippen LogP contribution is -2.28. The van der Waals surface area contributed by atoms with Gasteiger partial charge in [0.15, 0.2) is 11.5 Å². The summed E-state index contributed by atoms with van der Waals surface area (Å²) in [6, 6.07) is 11.1. The lowest BCUT2D eigenvalue weighted by Gasteiger charge is -2.23. The van der Waals surface area contributed by atoms with E-state index < -0.39 is 0 Å². The van der Waals surface area contributed by atoms with Crippen molar-refractivity contribution in [2.75, 3.05) is 32.7 Å². The van der Waals surface area contributed by atoms with Crippen molar-refractivity contribution in [3.8, 4) is 17.6 Å². The quantitative estimate of drug-likeness (QED) is 0.659. The van der Waals surface area contributed by atoms with Crippen LogP contribution in [0, 0.1) is 14.9 Å². The number of methoxy groups -OCH3 is 2. The molecule has 7 heteroatoms. The van der Waals surface area contributed by atoms with Crippen LogP contribution in [0.4, 0.5) is 5.69 Å². The molecule has 1 amide bonds. The lowest BCUT2D eigenvalue weighted by atomic mass is 9.98. The molecule has 132 valence electrons. The van der Waals surface area contributed by atoms with E-state index in [1.807, 2.05) is 12.1 Å². The molecular formula is C19H16IN3O3. The van der Waals surface area contributed by atoms with Gasteiger partial charge in [-0.3, -0.25) is 9.79 Å². The number of carbonyl (C=O) groups is 1. The number of ether oxygens (including phenoxy) is 2. The molecule has 1 heterocycles. The minimum atomic E-state index is -0.122. The van der Waals surface area contributed by atoms with Gasteiger partial charge in [-0.05, 0) is 40.8 Å². The summed E-state index contributed by atoms with van der Waals surface area (Å²) in [5.74, 6) is 1.00. The van der Waals surface area contributed by atoms with Crippen LogP contribution in [-0.2, 0) is 4.79 Å². The molecule has 0 bridgehead atoms. The molecule has 3 rings (SSSR count). The van der Waals surface area contributed by atoms with Gasteiger partial charge in [0.25, 0.3) is 0 Å². The number of halogens is 1. The molecular weight excluding hydrogens is 445 g/mol. The number of rotatable bonds is 3. The Morgan fingerprint density at radius 2 is 2.04 bits per heavy atom. The van der Waals surface area contributed by atoms with E-state index in [2.05, 4.69) is 33.7 Å². The molecule has 0 spiro atoms. The molecule has 6 nitrogen and oxygen atoms in total. The van der Waals surface area contributed by atoms with Gasteiger partial charge in [-0.2, -0.15) is 5.26 Å². The second-order valence-corrected chi connectivity index (χ2v) is 6.71. The second-order valence-electron chi connectivity index (χ2n) is 5.63. The molecule has 0 aromatic heterocycles. The number of fused-ring (bicyclic) bond motifs is 1. The topological polar surface area (TPSA) is 74.9 Å². The molecule has 0 unspecified atom stereocenters. The molecule has 0 N–H and O–H groups in total. The first-order valence-electron chi connectivity index (χ1n) is 7.78. The van der Waals surface area contributed by atoms with Crippen molar-refractivity contribution in [1.29, 1.82) is 5.26 Å². The third-order valence-electron chi connectivity index (χ3n) is 4.19. The average molecular weight is 461 g/mol. The van der Waals surface area contributed by atoms with Crippen molar-refractivity contribution < 1.29 is 14.3 Å². The van der Waals surface area contributed by atoms with Gasteiger partial charge in [0.2, 0.25) is 5.91 Å². The van der Waals surface area contributed by atoms with Crippen LogP contribution in [0.2, 0.25) is 0 Å². The van der Waals surface area contributed by atoms with Crippen LogP contribution in [-0.4, -0.2) is 39.4 Å². The summed E-state index contributed by atoms with van der Waals surface area (Å²) in [6.07, 6.45) is 0. The van der Waals surface area contributed by atoms with Crippen LogP contribution in [0.1, 0.15) is 16.7 Å². The lowest BCUT2D eigenvalue weighted by molar-refractivity contribution is -0.116. The minimum Gasteiger partial charge on any atom is -0.493 e. The van der Waals surface area contributed by atoms with Gasteiger partial charge in [-0.15, -0.1) is 0 Å². The smallest absolute Gasteiger partial charge is 0.248 e. The van der Waals surface area contributed by atoms with E-state index in [1.54, 1.807) is 44.4 Å². The monoisotopic (exact) mass is 461 g/mol. The van der Waals surface area contributed by atoms with Crippen molar-refractivity contribution >= 4 is 39.9 Å². The molecule has 0 saturated heterocycles. The molecule has 0 atom stereocenters. The molecule has 0 fully saturated rings. The van der Waals surface area contributed by atoms with Crippen LogP contribution in [0.15, 0.2) is 35.3 Å². The Balaban J connectivity index is 2.33. The molecule has 1 aliphatic rings. The van der Waals surface area contributed by atoms with Crippen LogP contribution in [0.5, 0.6) is 11.5 Å². The summed E-state index contributed by atoms with van der Waals surface area (Å²) < 4.78 is 11.7. The maximum Gasteiger partial charge on any atom is 0.248 e. The van der Waals surface area contributed by atoms with E-state index in [-0.39, 0.29) is 12.5 Å². The molecule has 0 saturated carbocycles. The third-order valence-corrected chi connectivity index (χ3v) is 5.19. The maximum atomic E-state index is 12.5. The van der Waals surface area contributed by atoms with Gasteiger partial charge >= 0.3 is 0 Å². The number of benzene rings is 2. The number of hydrogen-bond donors (Lipinski definition) is 0. The van der Waals surface area contributed by atoms with Gasteiger partial charge in [0.05, 0.1) is 40.8 Å². The zero-order chi connectivity index (χ0) is 18.8. The highest BCUT2D eigenvalue weighted by molar-refractivity contribution is 14.1. The van der Waals surface area contributed by atoms with Crippen LogP contribution < -0.4 is 14.4 Å². The fourth-order valence-electron chi connectivity index (χ4n) is 2.89. The number of carbonyl (C=O) groups excluding carboxylic acids is 1. The van der Waals surface area contributed by atoms with E-state index in [9.17, 15) is 10.1 Å². The van der Waals surface area contributed by atoms with E-state index in [4.69, 9.17) is 9.47 Å². The number of nitriles is 1. The molecule has 2 aromatic carbocycles. The molecule has 0 aliphatic carbocycles. The Morgan fingerprint density at radius 1 is 1.27 bits per heavy atom. The summed E-state index contributed by atoms with van der Waals surface area (Å²) in [5, 5.41) is 9.20. The summed E-state index contributed by atoms with van der Waals surface area (Å²) in [7, 11) is 4.86. The van der Waals surface area contributed by atoms with Crippen molar-refractivity contribution in [3.63, 3.8) is 0 Å². The second kappa shape index (κ2) is 7.33. The van der Waals surface area contributed by atoms with Gasteiger partial charge in [-0.1, -0.05) is 12.1 Å². The Bertz CT molecular complexity index is 963. The first kappa shape index (κ1) is 18.2. The predicted molar refractivity (Wildman–Crippen MR) is 107 cm³/mol. The van der Waals surface area contributed by atoms with Crippen LogP contribution in [0.25, 0.3) is 0 Å². The summed E-state index contributed by atoms with van der Waals surface area (Å²) in [4.78, 5) is 18.6. The standard InChI is InChI=1S/C19H16IN3O3/c1-23-15(24)10-22-17(12-6-4-5-11(7-12)9-21)13-8-14(25-2)19(26-3)16(20)18(13)23/h4-8H,10H2,1-3H3. The number of likely N-dealkylation sites (N-methyl/N-ethyl adjacent to an activating group) is 1. The number of anilines is 1. The largest absolute Gasteiger partial charge is 0.493 e. The van der Waals surface area contributed by atoms with Crippen molar-refractivity contribution in [2.24, 2.45) is 4.99 Å². The number of aliphatic imine (C=N–C) groups is 1. The predicted octanol–water partition coefficient (Wildman–Crippen LogP) is 2.99. The minimum absolute atomic E-state index is 0.0258. The highest BCUT2D eigenvalue weighted by Crippen LogP contribution is 2.42. The summed E-state index contributed by atoms with van der Waals surface area (Å²) in [5.41, 5.74) is 3.43. The van der Waals surface area contributed by atoms with Crippen molar-refractivity contribution in [3.05, 3.63) is 50.6 Å². The van der Waals surface area contributed by atoms with E-state index in [1.165, 1.54) is 0 Å². The Labute approximate surface area is 165 Å². The average Bonchev–Trinajstić information content (AvgIpc) is 2.78. The van der Waals surface area contributed by atoms with Gasteiger partial charge < -0.3 is 14.4 Å². The zero-order valence-corrected chi connectivity index (χ0v) is 16.7. The number of hydrogen-bond acceptors (Lipinski definition) is 5. The highest BCUT2D eigenvalue weighted by Gasteiger charge is 2.28. The van der Waals surface area contributed by atoms with Gasteiger partial charge in [-0.25, -0.2) is 0 Å². The van der Waals surface area contributed by atoms with Gasteiger partial charge in [0.1, 0.15) is 6.54 Å². The molecule has 1 aliphatic heterocycles. The van der Waals surface area contributed by atoms with Crippen LogP contribution >= 0.6 is 22.6 Å². The van der Waals surface area contributed by atoms with Crippen molar-refractivity contribution in [2.45, 2.75) is 0 Å². The maximum absolute atomic E-state index is 12.5. The fraction of sp³-hybridized carbons (Fsp3) is 0.211. The van der Waals surface area contributed by atoms with Crippen LogP contribution in [0.3, 0.4) is 0 Å². The number of nitrogens with zero attached hydrogens (tertiary/aromatic N) is 3. The van der Waals surface area contributed by atoms with Gasteiger partial charge in [0, 0.05) is 18.2 Å². The molecule has 26 heavy (non-hydrogen) atoms. The molecule has 0 radical (unpaired) electrons. The first-order chi connectivity index (χ1) is 12.5. The number of benzodiazepines with no additional fused rings is 1. The Morgan fingerprint density at radius 3 is 2.69 bits per heavy atom.